The smallest absolute Gasteiger partial charge is 0.462 e. The summed E-state index contributed by atoms with van der Waals surface area (Å²) in [6, 6.07) is 0. The molecule has 0 bridgehead atoms. The molecule has 47 heavy (non-hydrogen) atoms. The molecule has 2 unspecified atom stereocenters. The Kier molecular flexibility index (Phi) is 27.6. The molecule has 0 heterocycles. The maximum absolute atomic E-state index is 12.5. The first-order valence-electron chi connectivity index (χ1n) is 17.4. The van der Waals surface area contributed by atoms with E-state index in [1.165, 1.54) is 76.0 Å². The molecular weight excluding hydrogens is 625 g/mol. The minimum atomic E-state index is -4.43. The number of aliphatic hydroxyl groups is 1. The largest absolute Gasteiger partial charge is 0.472 e. The van der Waals surface area contributed by atoms with Crippen molar-refractivity contribution in [1.29, 1.82) is 0 Å². The molecule has 2 N–H and O–H groups in total. The predicted molar refractivity (Wildman–Crippen MR) is 184 cm³/mol. The highest BCUT2D eigenvalue weighted by atomic mass is 31.2. The van der Waals surface area contributed by atoms with Gasteiger partial charge < -0.3 is 24.0 Å². The van der Waals surface area contributed by atoms with Gasteiger partial charge in [0.1, 0.15) is 25.7 Å². The third-order valence-electron chi connectivity index (χ3n) is 7.25. The van der Waals surface area contributed by atoms with E-state index in [1.807, 2.05) is 21.1 Å². The fourth-order valence-electron chi connectivity index (χ4n) is 4.45. The monoisotopic (exact) mass is 688 g/mol. The summed E-state index contributed by atoms with van der Waals surface area (Å²) in [5.74, 6) is 0.543. The Hall–Kier alpha value is -2.10. The third kappa shape index (κ3) is 32.2. The van der Waals surface area contributed by atoms with Crippen LogP contribution in [0.5, 0.6) is 0 Å². The molecule has 0 spiro atoms. The average molecular weight is 689 g/mol. The van der Waals surface area contributed by atoms with E-state index in [-0.39, 0.29) is 32.5 Å². The van der Waals surface area contributed by atoms with Crippen LogP contribution in [-0.2, 0) is 37.5 Å². The van der Waals surface area contributed by atoms with Crippen LogP contribution in [0.1, 0.15) is 116 Å². The fourth-order valence-corrected chi connectivity index (χ4v) is 5.20. The fraction of sp³-hybridized carbons (Fsp3) is 0.771. The molecule has 12 heteroatoms. The summed E-state index contributed by atoms with van der Waals surface area (Å²) >= 11 is 0. The zero-order chi connectivity index (χ0) is 35.2. The number of likely N-dealkylation sites (N-methyl/N-ethyl adjacent to an activating group) is 1. The number of allylic oxidation sites excluding steroid dienone is 4. The Bertz CT molecular complexity index is 972. The van der Waals surface area contributed by atoms with Gasteiger partial charge in [-0.1, -0.05) is 108 Å². The number of esters is 2. The van der Waals surface area contributed by atoms with E-state index in [1.54, 1.807) is 18.1 Å². The molecule has 11 nitrogen and oxygen atoms in total. The van der Waals surface area contributed by atoms with Crippen LogP contribution in [0.4, 0.5) is 0 Å². The molecule has 0 saturated carbocycles. The van der Waals surface area contributed by atoms with E-state index < -0.39 is 38.6 Å². The lowest BCUT2D eigenvalue weighted by molar-refractivity contribution is -0.870. The number of hydrogen-bond donors (Lipinski definition) is 2. The second-order valence-corrected chi connectivity index (χ2v) is 14.4. The van der Waals surface area contributed by atoms with Crippen LogP contribution in [0, 0.1) is 0 Å². The van der Waals surface area contributed by atoms with Crippen LogP contribution >= 0.6 is 7.82 Å². The van der Waals surface area contributed by atoms with E-state index in [9.17, 15) is 28.9 Å². The van der Waals surface area contributed by atoms with Gasteiger partial charge in [0.05, 0.1) is 33.9 Å². The van der Waals surface area contributed by atoms with Crippen molar-refractivity contribution in [3.05, 3.63) is 30.4 Å². The zero-order valence-electron chi connectivity index (χ0n) is 29.4. The summed E-state index contributed by atoms with van der Waals surface area (Å²) in [6.45, 7) is 1.86. The molecule has 0 aromatic heterocycles. The molecule has 0 aliphatic rings. The van der Waals surface area contributed by atoms with Crippen LogP contribution in [0.15, 0.2) is 30.4 Å². The molecule has 0 amide bonds. The Labute approximate surface area is 283 Å². The summed E-state index contributed by atoms with van der Waals surface area (Å²) in [6.07, 6.45) is 21.8. The first kappa shape index (κ1) is 44.9. The first-order valence-corrected chi connectivity index (χ1v) is 18.9. The molecule has 0 aromatic carbocycles. The van der Waals surface area contributed by atoms with E-state index in [2.05, 4.69) is 6.92 Å². The minimum absolute atomic E-state index is 0.0177. The number of carbonyl (C=O) groups excluding carboxylic acids is 3. The van der Waals surface area contributed by atoms with Crippen molar-refractivity contribution < 1.29 is 52.0 Å². The number of nitrogens with zero attached hydrogens (tertiary/aromatic N) is 1. The number of unbranched alkanes of at least 4 members (excludes halogenated alkanes) is 12. The highest BCUT2D eigenvalue weighted by Gasteiger charge is 2.27. The van der Waals surface area contributed by atoms with Crippen molar-refractivity contribution in [3.8, 4) is 0 Å². The second-order valence-electron chi connectivity index (χ2n) is 12.9. The number of carbonyl (C=O) groups is 2. The predicted octanol–water partition coefficient (Wildman–Crippen LogP) is 6.79. The lowest BCUT2D eigenvalue weighted by Crippen LogP contribution is -2.37. The van der Waals surface area contributed by atoms with Gasteiger partial charge in [-0.05, 0) is 19.3 Å². The van der Waals surface area contributed by atoms with E-state index in [0.717, 1.165) is 19.3 Å². The van der Waals surface area contributed by atoms with Crippen molar-refractivity contribution in [2.75, 3.05) is 47.5 Å². The van der Waals surface area contributed by atoms with Gasteiger partial charge in [0.25, 0.3) is 0 Å². The number of quaternary nitrogens is 1. The number of phosphoric ester groups is 1. The Morgan fingerprint density at radius 3 is 1.94 bits per heavy atom. The Balaban J connectivity index is 4.58. The van der Waals surface area contributed by atoms with Crippen molar-refractivity contribution in [3.63, 3.8) is 0 Å². The summed E-state index contributed by atoms with van der Waals surface area (Å²) in [7, 11) is 1.30. The van der Waals surface area contributed by atoms with Gasteiger partial charge in [0.2, 0.25) is 0 Å². The van der Waals surface area contributed by atoms with Gasteiger partial charge in [-0.15, -0.1) is 0 Å². The van der Waals surface area contributed by atoms with Crippen molar-refractivity contribution in [2.24, 2.45) is 0 Å². The minimum Gasteiger partial charge on any atom is -0.462 e. The zero-order valence-corrected chi connectivity index (χ0v) is 30.3. The topological polar surface area (TPSA) is 146 Å². The standard InChI is InChI=1S/C35H62NO10P/c1-5-6-7-8-9-10-11-12-13-14-15-16-20-25-34(39)43-30-33(31-45-47(41,42)44-29-27-36(2,3)4)46-35(40)26-22-24-32(38)23-19-17-18-21-28-37/h17-19,21,23,32-33,38H,5-16,20,22,24-27,29-31H2,1-4H3/p+1/t32?,33-/m1/s1. The van der Waals surface area contributed by atoms with E-state index in [4.69, 9.17) is 18.5 Å². The highest BCUT2D eigenvalue weighted by Crippen LogP contribution is 2.43. The van der Waals surface area contributed by atoms with Crippen LogP contribution < -0.4 is 0 Å². The molecule has 0 aliphatic carbocycles. The first-order chi connectivity index (χ1) is 22.4. The number of ether oxygens (including phenoxy) is 2. The summed E-state index contributed by atoms with van der Waals surface area (Å²) in [5.41, 5.74) is 0. The van der Waals surface area contributed by atoms with Crippen LogP contribution in [0.2, 0.25) is 0 Å². The van der Waals surface area contributed by atoms with Gasteiger partial charge in [-0.3, -0.25) is 18.6 Å². The number of phosphoric acid groups is 1. The maximum Gasteiger partial charge on any atom is 0.472 e. The Morgan fingerprint density at radius 2 is 1.36 bits per heavy atom. The highest BCUT2D eigenvalue weighted by molar-refractivity contribution is 7.47. The molecule has 0 radical (unpaired) electrons. The van der Waals surface area contributed by atoms with E-state index >= 15 is 0 Å². The molecule has 0 saturated heterocycles. The van der Waals surface area contributed by atoms with Gasteiger partial charge >= 0.3 is 19.8 Å². The van der Waals surface area contributed by atoms with E-state index in [0.29, 0.717) is 23.9 Å². The third-order valence-corrected chi connectivity index (χ3v) is 8.24. The molecule has 0 rings (SSSR count). The lowest BCUT2D eigenvalue weighted by Gasteiger charge is -2.24. The normalized spacial score (nSPS) is 14.5. The average Bonchev–Trinajstić information content (AvgIpc) is 3.00. The molecule has 272 valence electrons. The summed E-state index contributed by atoms with van der Waals surface area (Å²) in [4.78, 5) is 45.1. The summed E-state index contributed by atoms with van der Waals surface area (Å²) < 4.78 is 33.7. The lowest BCUT2D eigenvalue weighted by atomic mass is 10.0. The van der Waals surface area contributed by atoms with Crippen LogP contribution in [0.25, 0.3) is 0 Å². The number of rotatable bonds is 31. The maximum atomic E-state index is 12.5. The molecular formula is C35H63NO10P+. The summed E-state index contributed by atoms with van der Waals surface area (Å²) in [5, 5.41) is 10.0. The second kappa shape index (κ2) is 28.9. The molecule has 0 aromatic rings. The van der Waals surface area contributed by atoms with Crippen molar-refractivity contribution in [2.45, 2.75) is 128 Å². The number of hydrogen-bond acceptors (Lipinski definition) is 9. The van der Waals surface area contributed by atoms with Gasteiger partial charge in [0, 0.05) is 18.9 Å². The quantitative estimate of drug-likeness (QED) is 0.0199. The number of aliphatic hydroxyl groups excluding tert-OH is 1. The molecule has 3 atom stereocenters. The van der Waals surface area contributed by atoms with Crippen molar-refractivity contribution >= 4 is 25.7 Å². The molecule has 0 fully saturated rings. The van der Waals surface area contributed by atoms with Crippen molar-refractivity contribution in [1.82, 2.24) is 0 Å². The molecule has 0 aliphatic heterocycles. The van der Waals surface area contributed by atoms with Crippen LogP contribution in [-0.4, -0.2) is 92.1 Å². The SMILES string of the molecule is CCCCCCCCCCCCCCCC(=O)OC[C@H](COP(=O)(O)OCC[N+](C)(C)C)OC(=O)CCCC(O)C=CC=CC=C=O. The van der Waals surface area contributed by atoms with Crippen LogP contribution in [0.3, 0.4) is 0 Å². The Morgan fingerprint density at radius 1 is 0.787 bits per heavy atom. The van der Waals surface area contributed by atoms with Gasteiger partial charge in [-0.2, -0.15) is 0 Å². The van der Waals surface area contributed by atoms with Gasteiger partial charge in [0.15, 0.2) is 6.10 Å². The van der Waals surface area contributed by atoms with Gasteiger partial charge in [-0.25, -0.2) is 9.36 Å².